The first-order chi connectivity index (χ1) is 17.8. The standard InChI is InChI=1S/C24H33N5O9/c1-11(30)19(25)22(35)29-20(12(2)31)23(36)28-17(9-13-10-26-15-6-4-3-5-14(13)15)21(34)27-16(24(37)38)7-8-18(32)33/h3-6,10-12,16-17,19-20,26,30-31H,7-9,25H2,1-2H3,(H,27,34)(H,28,36)(H,29,35)(H,32,33)(H,37,38). The van der Waals surface area contributed by atoms with Gasteiger partial charge in [0.2, 0.25) is 17.7 Å². The Morgan fingerprint density at radius 1 is 0.895 bits per heavy atom. The number of aliphatic hydroxyl groups is 2. The Kier molecular flexibility index (Phi) is 10.7. The molecule has 0 bridgehead atoms. The summed E-state index contributed by atoms with van der Waals surface area (Å²) in [7, 11) is 0. The maximum Gasteiger partial charge on any atom is 0.326 e. The second-order valence-corrected chi connectivity index (χ2v) is 8.95. The van der Waals surface area contributed by atoms with Gasteiger partial charge in [-0.25, -0.2) is 4.79 Å². The monoisotopic (exact) mass is 535 g/mol. The maximum absolute atomic E-state index is 13.2. The second-order valence-electron chi connectivity index (χ2n) is 8.95. The lowest BCUT2D eigenvalue weighted by Crippen LogP contribution is -2.61. The number of carboxylic acids is 2. The third-order valence-corrected chi connectivity index (χ3v) is 5.88. The van der Waals surface area contributed by atoms with Crippen LogP contribution in [0.3, 0.4) is 0 Å². The van der Waals surface area contributed by atoms with E-state index in [0.717, 1.165) is 10.9 Å². The zero-order chi connectivity index (χ0) is 28.6. The van der Waals surface area contributed by atoms with Gasteiger partial charge in [0, 0.05) is 29.9 Å². The fourth-order valence-corrected chi connectivity index (χ4v) is 3.66. The predicted octanol–water partition coefficient (Wildman–Crippen LogP) is -1.80. The largest absolute Gasteiger partial charge is 0.481 e. The third-order valence-electron chi connectivity index (χ3n) is 5.88. The average molecular weight is 536 g/mol. The molecule has 6 unspecified atom stereocenters. The summed E-state index contributed by atoms with van der Waals surface area (Å²) >= 11 is 0. The predicted molar refractivity (Wildman–Crippen MR) is 134 cm³/mol. The van der Waals surface area contributed by atoms with E-state index >= 15 is 0 Å². The van der Waals surface area contributed by atoms with Gasteiger partial charge in [-0.2, -0.15) is 0 Å². The smallest absolute Gasteiger partial charge is 0.326 e. The Labute approximate surface area is 217 Å². The van der Waals surface area contributed by atoms with Crippen LogP contribution in [-0.4, -0.2) is 91.4 Å². The zero-order valence-corrected chi connectivity index (χ0v) is 20.9. The molecule has 0 aliphatic heterocycles. The fraction of sp³-hybridized carbons (Fsp3) is 0.458. The van der Waals surface area contributed by atoms with Gasteiger partial charge >= 0.3 is 11.9 Å². The van der Waals surface area contributed by atoms with Gasteiger partial charge in [0.05, 0.1) is 12.2 Å². The van der Waals surface area contributed by atoms with E-state index in [1.165, 1.54) is 13.8 Å². The number of carbonyl (C=O) groups excluding carboxylic acids is 3. The highest BCUT2D eigenvalue weighted by Gasteiger charge is 2.33. The molecule has 0 saturated heterocycles. The number of nitrogens with one attached hydrogen (secondary N) is 4. The Balaban J connectivity index is 2.32. The molecule has 14 heteroatoms. The normalized spacial score (nSPS) is 15.9. The fourth-order valence-electron chi connectivity index (χ4n) is 3.66. The number of carbonyl (C=O) groups is 5. The molecule has 0 aliphatic rings. The Bertz CT molecular complexity index is 1160. The number of carboxylic acid groups (broad SMARTS) is 2. The van der Waals surface area contributed by atoms with E-state index in [9.17, 15) is 39.3 Å². The van der Waals surface area contributed by atoms with E-state index in [0.29, 0.717) is 5.56 Å². The number of benzene rings is 1. The molecular formula is C24H33N5O9. The van der Waals surface area contributed by atoms with Crippen molar-refractivity contribution in [1.82, 2.24) is 20.9 Å². The zero-order valence-electron chi connectivity index (χ0n) is 20.9. The van der Waals surface area contributed by atoms with E-state index in [1.807, 2.05) is 0 Å². The van der Waals surface area contributed by atoms with Crippen molar-refractivity contribution >= 4 is 40.6 Å². The Morgan fingerprint density at radius 3 is 2.11 bits per heavy atom. The molecule has 2 rings (SSSR count). The van der Waals surface area contributed by atoms with E-state index < -0.39 is 78.9 Å². The highest BCUT2D eigenvalue weighted by molar-refractivity contribution is 5.95. The number of aromatic amines is 1. The summed E-state index contributed by atoms with van der Waals surface area (Å²) in [6.45, 7) is 2.49. The molecule has 3 amide bonds. The quantitative estimate of drug-likeness (QED) is 0.131. The molecule has 38 heavy (non-hydrogen) atoms. The lowest BCUT2D eigenvalue weighted by atomic mass is 10.0. The highest BCUT2D eigenvalue weighted by Crippen LogP contribution is 2.19. The molecule has 6 atom stereocenters. The van der Waals surface area contributed by atoms with Crippen LogP contribution in [0.2, 0.25) is 0 Å². The molecule has 1 aromatic carbocycles. The number of fused-ring (bicyclic) bond motifs is 1. The van der Waals surface area contributed by atoms with Gasteiger partial charge in [-0.15, -0.1) is 0 Å². The van der Waals surface area contributed by atoms with Crippen LogP contribution in [-0.2, 0) is 30.4 Å². The van der Waals surface area contributed by atoms with Crippen molar-refractivity contribution in [2.45, 2.75) is 69.5 Å². The Morgan fingerprint density at radius 2 is 1.53 bits per heavy atom. The minimum absolute atomic E-state index is 0.111. The van der Waals surface area contributed by atoms with E-state index in [4.69, 9.17) is 10.8 Å². The average Bonchev–Trinajstić information content (AvgIpc) is 3.25. The number of aromatic nitrogens is 1. The van der Waals surface area contributed by atoms with Crippen LogP contribution in [0.4, 0.5) is 0 Å². The number of para-hydroxylation sites is 1. The molecule has 0 fully saturated rings. The minimum Gasteiger partial charge on any atom is -0.481 e. The van der Waals surface area contributed by atoms with Crippen LogP contribution in [0.1, 0.15) is 32.3 Å². The maximum atomic E-state index is 13.2. The van der Waals surface area contributed by atoms with E-state index in [-0.39, 0.29) is 6.42 Å². The third kappa shape index (κ3) is 8.26. The summed E-state index contributed by atoms with van der Waals surface area (Å²) in [5.74, 6) is -5.52. The van der Waals surface area contributed by atoms with Crippen molar-refractivity contribution < 1.29 is 44.4 Å². The van der Waals surface area contributed by atoms with Crippen molar-refractivity contribution in [3.63, 3.8) is 0 Å². The summed E-state index contributed by atoms with van der Waals surface area (Å²) < 4.78 is 0. The summed E-state index contributed by atoms with van der Waals surface area (Å²) in [6.07, 6.45) is -2.08. The first-order valence-corrected chi connectivity index (χ1v) is 11.8. The lowest BCUT2D eigenvalue weighted by molar-refractivity contribution is -0.143. The van der Waals surface area contributed by atoms with Gasteiger partial charge < -0.3 is 47.1 Å². The molecule has 10 N–H and O–H groups in total. The van der Waals surface area contributed by atoms with Crippen LogP contribution in [0.25, 0.3) is 10.9 Å². The number of rotatable bonds is 14. The van der Waals surface area contributed by atoms with Gasteiger partial charge in [0.15, 0.2) is 0 Å². The number of aliphatic carboxylic acids is 2. The molecule has 2 aromatic rings. The highest BCUT2D eigenvalue weighted by atomic mass is 16.4. The van der Waals surface area contributed by atoms with E-state index in [2.05, 4.69) is 20.9 Å². The first-order valence-electron chi connectivity index (χ1n) is 11.8. The molecule has 0 radical (unpaired) electrons. The molecular weight excluding hydrogens is 502 g/mol. The van der Waals surface area contributed by atoms with Crippen LogP contribution >= 0.6 is 0 Å². The van der Waals surface area contributed by atoms with Crippen molar-refractivity contribution in [2.24, 2.45) is 5.73 Å². The number of hydrogen-bond donors (Lipinski definition) is 9. The summed E-state index contributed by atoms with van der Waals surface area (Å²) in [6, 6.07) is 1.26. The minimum atomic E-state index is -1.56. The van der Waals surface area contributed by atoms with Crippen molar-refractivity contribution in [1.29, 1.82) is 0 Å². The topological polar surface area (TPSA) is 244 Å². The molecule has 0 aliphatic carbocycles. The van der Waals surface area contributed by atoms with Crippen molar-refractivity contribution in [3.8, 4) is 0 Å². The molecule has 1 heterocycles. The van der Waals surface area contributed by atoms with Crippen LogP contribution in [0.15, 0.2) is 30.5 Å². The summed E-state index contributed by atoms with van der Waals surface area (Å²) in [5, 5.41) is 45.7. The second kappa shape index (κ2) is 13.5. The molecule has 208 valence electrons. The summed E-state index contributed by atoms with van der Waals surface area (Å²) in [5.41, 5.74) is 6.95. The van der Waals surface area contributed by atoms with Gasteiger partial charge in [0.25, 0.3) is 0 Å². The van der Waals surface area contributed by atoms with E-state index in [1.54, 1.807) is 30.5 Å². The first kappa shape index (κ1) is 30.2. The van der Waals surface area contributed by atoms with Gasteiger partial charge in [-0.05, 0) is 31.9 Å². The van der Waals surface area contributed by atoms with Crippen LogP contribution < -0.4 is 21.7 Å². The van der Waals surface area contributed by atoms with Gasteiger partial charge in [-0.3, -0.25) is 19.2 Å². The number of H-pyrrole nitrogens is 1. The number of aliphatic hydroxyl groups excluding tert-OH is 2. The van der Waals surface area contributed by atoms with Crippen LogP contribution in [0.5, 0.6) is 0 Å². The van der Waals surface area contributed by atoms with Crippen molar-refractivity contribution in [3.05, 3.63) is 36.0 Å². The number of amides is 3. The number of hydrogen-bond acceptors (Lipinski definition) is 8. The SMILES string of the molecule is CC(O)C(N)C(=O)NC(C(=O)NC(Cc1c[nH]c2ccccc12)C(=O)NC(CCC(=O)O)C(=O)O)C(C)O. The summed E-state index contributed by atoms with van der Waals surface area (Å²) in [4.78, 5) is 64.1. The van der Waals surface area contributed by atoms with Gasteiger partial charge in [0.1, 0.15) is 24.2 Å². The van der Waals surface area contributed by atoms with Crippen LogP contribution in [0, 0.1) is 0 Å². The lowest BCUT2D eigenvalue weighted by Gasteiger charge is -2.26. The van der Waals surface area contributed by atoms with Gasteiger partial charge in [-0.1, -0.05) is 18.2 Å². The molecule has 0 spiro atoms. The molecule has 0 saturated carbocycles. The molecule has 14 nitrogen and oxygen atoms in total. The molecule has 1 aromatic heterocycles. The van der Waals surface area contributed by atoms with Crippen molar-refractivity contribution in [2.75, 3.05) is 0 Å². The number of nitrogens with two attached hydrogens (primary N) is 1. The Hall–Kier alpha value is -4.01.